The normalized spacial score (nSPS) is 15.8. The van der Waals surface area contributed by atoms with Gasteiger partial charge in [-0.25, -0.2) is 13.4 Å². The molecule has 0 spiro atoms. The quantitative estimate of drug-likeness (QED) is 0.677. The highest BCUT2D eigenvalue weighted by atomic mass is 32.2. The summed E-state index contributed by atoms with van der Waals surface area (Å²) in [5, 5.41) is 3.45. The first-order valence-corrected chi connectivity index (χ1v) is 10.5. The second-order valence-corrected chi connectivity index (χ2v) is 8.62. The van der Waals surface area contributed by atoms with E-state index in [9.17, 15) is 8.42 Å². The SMILES string of the molecule is CC(Nc1ccc2oc(C3CC3)nc2c1)c1ccc(NS(C)(=O)=O)cc1. The number of rotatable bonds is 6. The van der Waals surface area contributed by atoms with E-state index in [2.05, 4.69) is 21.9 Å². The van der Waals surface area contributed by atoms with Gasteiger partial charge in [-0.2, -0.15) is 0 Å². The molecule has 0 amide bonds. The average Bonchev–Trinajstić information content (AvgIpc) is 3.34. The summed E-state index contributed by atoms with van der Waals surface area (Å²) in [5.74, 6) is 1.34. The van der Waals surface area contributed by atoms with Crippen molar-refractivity contribution < 1.29 is 12.8 Å². The fourth-order valence-electron chi connectivity index (χ4n) is 2.93. The van der Waals surface area contributed by atoms with Gasteiger partial charge in [-0.15, -0.1) is 0 Å². The molecule has 1 aliphatic rings. The summed E-state index contributed by atoms with van der Waals surface area (Å²) in [6.07, 6.45) is 3.47. The zero-order valence-electron chi connectivity index (χ0n) is 14.7. The van der Waals surface area contributed by atoms with Crippen LogP contribution in [0.2, 0.25) is 0 Å². The maximum atomic E-state index is 11.3. The Bertz CT molecular complexity index is 1040. The number of nitrogens with zero attached hydrogens (tertiary/aromatic N) is 1. The molecule has 3 aromatic rings. The number of sulfonamides is 1. The summed E-state index contributed by atoms with van der Waals surface area (Å²) < 4.78 is 30.8. The first-order valence-electron chi connectivity index (χ1n) is 8.62. The highest BCUT2D eigenvalue weighted by Crippen LogP contribution is 2.40. The van der Waals surface area contributed by atoms with Crippen LogP contribution in [0.25, 0.3) is 11.1 Å². The van der Waals surface area contributed by atoms with Crippen molar-refractivity contribution in [1.82, 2.24) is 4.98 Å². The Morgan fingerprint density at radius 3 is 2.46 bits per heavy atom. The molecule has 0 saturated heterocycles. The molecule has 7 heteroatoms. The van der Waals surface area contributed by atoms with E-state index in [0.29, 0.717) is 11.6 Å². The van der Waals surface area contributed by atoms with E-state index in [-0.39, 0.29) is 6.04 Å². The minimum Gasteiger partial charge on any atom is -0.440 e. The van der Waals surface area contributed by atoms with Crippen LogP contribution in [-0.4, -0.2) is 19.7 Å². The Morgan fingerprint density at radius 2 is 1.81 bits per heavy atom. The van der Waals surface area contributed by atoms with Crippen molar-refractivity contribution in [3.63, 3.8) is 0 Å². The first kappa shape index (κ1) is 16.9. The third kappa shape index (κ3) is 3.83. The van der Waals surface area contributed by atoms with Crippen molar-refractivity contribution in [3.05, 3.63) is 53.9 Å². The summed E-state index contributed by atoms with van der Waals surface area (Å²) >= 11 is 0. The van der Waals surface area contributed by atoms with Crippen LogP contribution in [0.15, 0.2) is 46.9 Å². The van der Waals surface area contributed by atoms with Crippen molar-refractivity contribution in [1.29, 1.82) is 0 Å². The molecule has 6 nitrogen and oxygen atoms in total. The predicted octanol–water partition coefficient (Wildman–Crippen LogP) is 4.25. The minimum atomic E-state index is -3.26. The van der Waals surface area contributed by atoms with Crippen molar-refractivity contribution in [2.24, 2.45) is 0 Å². The van der Waals surface area contributed by atoms with Crippen LogP contribution in [0.1, 0.15) is 43.2 Å². The van der Waals surface area contributed by atoms with Crippen molar-refractivity contribution in [3.8, 4) is 0 Å². The highest BCUT2D eigenvalue weighted by molar-refractivity contribution is 7.92. The largest absolute Gasteiger partial charge is 0.440 e. The number of benzene rings is 2. The van der Waals surface area contributed by atoms with Crippen LogP contribution in [0.3, 0.4) is 0 Å². The molecule has 0 bridgehead atoms. The number of hydrogen-bond acceptors (Lipinski definition) is 5. The third-order valence-electron chi connectivity index (χ3n) is 4.43. The van der Waals surface area contributed by atoms with Gasteiger partial charge in [-0.05, 0) is 55.7 Å². The molecular weight excluding hydrogens is 350 g/mol. The van der Waals surface area contributed by atoms with Gasteiger partial charge in [-0.3, -0.25) is 4.72 Å². The Kier molecular flexibility index (Phi) is 4.11. The van der Waals surface area contributed by atoms with Gasteiger partial charge < -0.3 is 9.73 Å². The number of anilines is 2. The fourth-order valence-corrected chi connectivity index (χ4v) is 3.49. The molecule has 1 atom stereocenters. The number of hydrogen-bond donors (Lipinski definition) is 2. The molecule has 2 aromatic carbocycles. The lowest BCUT2D eigenvalue weighted by Crippen LogP contribution is -2.10. The standard InChI is InChI=1S/C19H21N3O3S/c1-12(13-5-7-15(8-6-13)22-26(2,23)24)20-16-9-10-18-17(11-16)21-19(25-18)14-3-4-14/h5-12,14,20,22H,3-4H2,1-2H3. The topological polar surface area (TPSA) is 84.2 Å². The molecule has 0 aliphatic heterocycles. The average molecular weight is 371 g/mol. The summed E-state index contributed by atoms with van der Waals surface area (Å²) in [4.78, 5) is 4.59. The molecule has 136 valence electrons. The van der Waals surface area contributed by atoms with Gasteiger partial charge in [0.05, 0.1) is 6.26 Å². The molecule has 1 fully saturated rings. The second kappa shape index (κ2) is 6.32. The van der Waals surface area contributed by atoms with E-state index in [1.807, 2.05) is 30.3 Å². The lowest BCUT2D eigenvalue weighted by Gasteiger charge is -2.16. The molecule has 4 rings (SSSR count). The fraction of sp³-hybridized carbons (Fsp3) is 0.316. The summed E-state index contributed by atoms with van der Waals surface area (Å²) in [6.45, 7) is 2.06. The minimum absolute atomic E-state index is 0.0644. The van der Waals surface area contributed by atoms with Crippen molar-refractivity contribution in [2.75, 3.05) is 16.3 Å². The number of nitrogens with one attached hydrogen (secondary N) is 2. The summed E-state index contributed by atoms with van der Waals surface area (Å²) in [6, 6.07) is 13.3. The Labute approximate surface area is 152 Å². The summed E-state index contributed by atoms with van der Waals surface area (Å²) in [7, 11) is -3.26. The van der Waals surface area contributed by atoms with Gasteiger partial charge in [-0.1, -0.05) is 12.1 Å². The van der Waals surface area contributed by atoms with Gasteiger partial charge in [0.25, 0.3) is 0 Å². The van der Waals surface area contributed by atoms with E-state index in [1.165, 1.54) is 12.8 Å². The Balaban J connectivity index is 1.48. The van der Waals surface area contributed by atoms with E-state index in [4.69, 9.17) is 4.42 Å². The van der Waals surface area contributed by atoms with E-state index in [0.717, 1.165) is 34.5 Å². The van der Waals surface area contributed by atoms with Gasteiger partial charge in [0.1, 0.15) is 5.52 Å². The predicted molar refractivity (Wildman–Crippen MR) is 103 cm³/mol. The van der Waals surface area contributed by atoms with Crippen LogP contribution >= 0.6 is 0 Å². The first-order chi connectivity index (χ1) is 12.4. The van der Waals surface area contributed by atoms with Gasteiger partial charge in [0, 0.05) is 23.3 Å². The van der Waals surface area contributed by atoms with Gasteiger partial charge >= 0.3 is 0 Å². The lowest BCUT2D eigenvalue weighted by atomic mass is 10.1. The molecule has 0 radical (unpaired) electrons. The van der Waals surface area contributed by atoms with Crippen LogP contribution in [0.5, 0.6) is 0 Å². The Morgan fingerprint density at radius 1 is 1.12 bits per heavy atom. The van der Waals surface area contributed by atoms with Crippen LogP contribution in [-0.2, 0) is 10.0 Å². The van der Waals surface area contributed by atoms with E-state index < -0.39 is 10.0 Å². The smallest absolute Gasteiger partial charge is 0.229 e. The molecule has 1 aliphatic carbocycles. The van der Waals surface area contributed by atoms with Crippen molar-refractivity contribution in [2.45, 2.75) is 31.7 Å². The maximum absolute atomic E-state index is 11.3. The highest BCUT2D eigenvalue weighted by Gasteiger charge is 2.28. The molecular formula is C19H21N3O3S. The number of aromatic nitrogens is 1. The Hall–Kier alpha value is -2.54. The van der Waals surface area contributed by atoms with Gasteiger partial charge in [0.15, 0.2) is 11.5 Å². The van der Waals surface area contributed by atoms with Crippen molar-refractivity contribution >= 4 is 32.5 Å². The van der Waals surface area contributed by atoms with Crippen LogP contribution in [0, 0.1) is 0 Å². The van der Waals surface area contributed by atoms with Crippen LogP contribution in [0.4, 0.5) is 11.4 Å². The molecule has 26 heavy (non-hydrogen) atoms. The maximum Gasteiger partial charge on any atom is 0.229 e. The zero-order chi connectivity index (χ0) is 18.3. The molecule has 1 aromatic heterocycles. The zero-order valence-corrected chi connectivity index (χ0v) is 15.5. The van der Waals surface area contributed by atoms with E-state index in [1.54, 1.807) is 12.1 Å². The monoisotopic (exact) mass is 371 g/mol. The van der Waals surface area contributed by atoms with Crippen LogP contribution < -0.4 is 10.0 Å². The molecule has 2 N–H and O–H groups in total. The molecule has 1 saturated carbocycles. The third-order valence-corrected chi connectivity index (χ3v) is 5.03. The summed E-state index contributed by atoms with van der Waals surface area (Å²) in [5.41, 5.74) is 4.28. The number of oxazole rings is 1. The number of fused-ring (bicyclic) bond motifs is 1. The molecule has 1 unspecified atom stereocenters. The molecule has 1 heterocycles. The van der Waals surface area contributed by atoms with Gasteiger partial charge in [0.2, 0.25) is 10.0 Å². The second-order valence-electron chi connectivity index (χ2n) is 6.87. The van der Waals surface area contributed by atoms with E-state index >= 15 is 0 Å². The lowest BCUT2D eigenvalue weighted by molar-refractivity contribution is 0.533.